The molecule has 0 atom stereocenters. The summed E-state index contributed by atoms with van der Waals surface area (Å²) in [6.45, 7) is 1.26. The number of aromatic amines is 2. The van der Waals surface area contributed by atoms with Crippen molar-refractivity contribution in [1.29, 1.82) is 0 Å². The molecule has 0 spiro atoms. The fourth-order valence-corrected chi connectivity index (χ4v) is 4.84. The minimum Gasteiger partial charge on any atom is -0.342 e. The molecule has 0 unspecified atom stereocenters. The number of halogens is 4. The smallest absolute Gasteiger partial charge is 0.342 e. The van der Waals surface area contributed by atoms with Gasteiger partial charge < -0.3 is 19.8 Å². The van der Waals surface area contributed by atoms with E-state index in [2.05, 4.69) is 15.3 Å². The van der Waals surface area contributed by atoms with Gasteiger partial charge in [0.25, 0.3) is 0 Å². The highest BCUT2D eigenvalue weighted by molar-refractivity contribution is 6.92. The van der Waals surface area contributed by atoms with Crippen molar-refractivity contribution in [2.24, 2.45) is 9.98 Å². The molecule has 6 nitrogen and oxygen atoms in total. The van der Waals surface area contributed by atoms with E-state index in [-0.39, 0.29) is 0 Å². The van der Waals surface area contributed by atoms with Crippen LogP contribution in [0.1, 0.15) is 0 Å². The maximum absolute atomic E-state index is 14.3. The standard InChI is InChI=1S/C24H12BClF3N6/c26-25-35-23-15-6-3-12(29)9-18(15)24(35)33-20-14-5-2-10(27)7-16(14)21(32-20)30-19-13-4-1-11(28)8-17(13)22(31-19)34-23/h1-9,30-32H. The Hall–Kier alpha value is -4.18. The van der Waals surface area contributed by atoms with Crippen molar-refractivity contribution in [3.05, 3.63) is 83.0 Å². The monoisotopic (exact) mass is 487 g/mol. The summed E-state index contributed by atoms with van der Waals surface area (Å²) in [7, 11) is 0. The Morgan fingerprint density at radius 3 is 1.83 bits per heavy atom. The van der Waals surface area contributed by atoms with Crippen LogP contribution in [0, 0.1) is 17.5 Å². The molecule has 3 aromatic heterocycles. The van der Waals surface area contributed by atoms with Crippen molar-refractivity contribution in [2.75, 3.05) is 5.32 Å². The summed E-state index contributed by atoms with van der Waals surface area (Å²) in [5.41, 5.74) is 0.713. The van der Waals surface area contributed by atoms with E-state index < -0.39 is 17.5 Å². The molecule has 7 rings (SSSR count). The quantitative estimate of drug-likeness (QED) is 0.259. The maximum atomic E-state index is 14.3. The molecule has 0 saturated carbocycles. The van der Waals surface area contributed by atoms with E-state index in [1.807, 2.05) is 0 Å². The number of rotatable bonds is 1. The largest absolute Gasteiger partial charge is 0.378 e. The summed E-state index contributed by atoms with van der Waals surface area (Å²) in [5.74, 6) is 0.479. The molecule has 11 heteroatoms. The number of benzene rings is 3. The lowest BCUT2D eigenvalue weighted by Gasteiger charge is -2.04. The van der Waals surface area contributed by atoms with Gasteiger partial charge in [-0.2, -0.15) is 11.5 Å². The van der Waals surface area contributed by atoms with Crippen LogP contribution in [0.4, 0.5) is 36.4 Å². The minimum absolute atomic E-state index is 0.329. The number of nitrogens with zero attached hydrogens (tertiary/aromatic N) is 3. The normalized spacial score (nSPS) is 12.7. The zero-order valence-corrected chi connectivity index (χ0v) is 18.4. The van der Waals surface area contributed by atoms with Crippen molar-refractivity contribution in [1.82, 2.24) is 14.4 Å². The van der Waals surface area contributed by atoms with Crippen molar-refractivity contribution < 1.29 is 13.2 Å². The molecule has 0 saturated heterocycles. The van der Waals surface area contributed by atoms with Gasteiger partial charge in [-0.05, 0) is 54.6 Å². The van der Waals surface area contributed by atoms with Gasteiger partial charge >= 0.3 is 6.83 Å². The van der Waals surface area contributed by atoms with Gasteiger partial charge in [0, 0.05) is 32.3 Å². The van der Waals surface area contributed by atoms with Crippen LogP contribution in [0.3, 0.4) is 0 Å². The molecule has 1 aliphatic heterocycles. The summed E-state index contributed by atoms with van der Waals surface area (Å²) in [6, 6.07) is 13.0. The molecule has 0 amide bonds. The molecule has 1 aliphatic rings. The third-order valence-electron chi connectivity index (χ3n) is 6.20. The predicted octanol–water partition coefficient (Wildman–Crippen LogP) is 5.60. The minimum atomic E-state index is -0.452. The highest BCUT2D eigenvalue weighted by Crippen LogP contribution is 2.38. The Kier molecular flexibility index (Phi) is 4.14. The summed E-state index contributed by atoms with van der Waals surface area (Å²) < 4.78 is 44.3. The fraction of sp³-hybridized carbons (Fsp3) is 0. The van der Waals surface area contributed by atoms with Gasteiger partial charge in [0.2, 0.25) is 0 Å². The average Bonchev–Trinajstić information content (AvgIpc) is 3.44. The predicted molar refractivity (Wildman–Crippen MR) is 130 cm³/mol. The van der Waals surface area contributed by atoms with Gasteiger partial charge in [-0.25, -0.2) is 23.2 Å². The first-order chi connectivity index (χ1) is 17.0. The molecule has 169 valence electrons. The van der Waals surface area contributed by atoms with Crippen LogP contribution in [-0.2, 0) is 0 Å². The first-order valence-electron chi connectivity index (χ1n) is 10.6. The third-order valence-corrected chi connectivity index (χ3v) is 6.40. The summed E-state index contributed by atoms with van der Waals surface area (Å²) in [5, 5.41) is 6.70. The number of hydrogen-bond acceptors (Lipinski definition) is 3. The highest BCUT2D eigenvalue weighted by Gasteiger charge is 2.19. The van der Waals surface area contributed by atoms with Gasteiger partial charge in [0.05, 0.1) is 0 Å². The second kappa shape index (κ2) is 7.16. The number of H-pyrrole nitrogens is 2. The van der Waals surface area contributed by atoms with Crippen LogP contribution in [-0.4, -0.2) is 21.3 Å². The second-order valence-electron chi connectivity index (χ2n) is 8.23. The fourth-order valence-electron chi connectivity index (χ4n) is 4.65. The van der Waals surface area contributed by atoms with Gasteiger partial charge in [-0.3, -0.25) is 0 Å². The lowest BCUT2D eigenvalue weighted by Crippen LogP contribution is -2.29. The molecule has 4 heterocycles. The van der Waals surface area contributed by atoms with E-state index in [9.17, 15) is 13.2 Å². The molecular weight excluding hydrogens is 476 g/mol. The molecule has 3 N–H and O–H groups in total. The van der Waals surface area contributed by atoms with Gasteiger partial charge in [-0.15, -0.1) is 0 Å². The second-order valence-corrected chi connectivity index (χ2v) is 8.43. The zero-order valence-electron chi connectivity index (χ0n) is 17.6. The van der Waals surface area contributed by atoms with Gasteiger partial charge in [0.1, 0.15) is 51.7 Å². The Morgan fingerprint density at radius 2 is 1.14 bits per heavy atom. The van der Waals surface area contributed by atoms with Crippen molar-refractivity contribution >= 4 is 73.9 Å². The topological polar surface area (TPSA) is 73.3 Å². The van der Waals surface area contributed by atoms with E-state index in [4.69, 9.17) is 21.4 Å². The van der Waals surface area contributed by atoms with Crippen molar-refractivity contribution in [3.8, 4) is 0 Å². The van der Waals surface area contributed by atoms with E-state index in [0.717, 1.165) is 0 Å². The molecule has 3 aromatic carbocycles. The molecule has 6 bridgehead atoms. The maximum Gasteiger partial charge on any atom is 0.378 e. The molecule has 0 aliphatic carbocycles. The van der Waals surface area contributed by atoms with Gasteiger partial charge in [0.15, 0.2) is 0 Å². The van der Waals surface area contributed by atoms with Crippen LogP contribution in [0.2, 0.25) is 0 Å². The van der Waals surface area contributed by atoms with E-state index in [1.165, 1.54) is 47.7 Å². The lowest BCUT2D eigenvalue weighted by atomic mass is 10.2. The Bertz CT molecular complexity index is 1970. The first-order valence-corrected chi connectivity index (χ1v) is 11.0. The van der Waals surface area contributed by atoms with Crippen LogP contribution < -0.4 is 16.3 Å². The number of anilines is 2. The summed E-state index contributed by atoms with van der Waals surface area (Å²) in [6.07, 6.45) is 0. The van der Waals surface area contributed by atoms with Crippen LogP contribution in [0.15, 0.2) is 64.6 Å². The van der Waals surface area contributed by atoms with E-state index >= 15 is 0 Å². The van der Waals surface area contributed by atoms with Gasteiger partial charge in [-0.1, -0.05) is 0 Å². The average molecular weight is 488 g/mol. The van der Waals surface area contributed by atoms with E-state index in [1.54, 1.807) is 18.2 Å². The zero-order chi connectivity index (χ0) is 23.8. The number of fused-ring (bicyclic) bond motifs is 15. The Balaban J connectivity index is 1.74. The lowest BCUT2D eigenvalue weighted by molar-refractivity contribution is 0.629. The summed E-state index contributed by atoms with van der Waals surface area (Å²) in [4.78, 5) is 16.0. The molecule has 1 radical (unpaired) electrons. The first kappa shape index (κ1) is 20.2. The van der Waals surface area contributed by atoms with Crippen LogP contribution in [0.5, 0.6) is 0 Å². The third kappa shape index (κ3) is 2.93. The highest BCUT2D eigenvalue weighted by atomic mass is 35.5. The number of nitrogens with one attached hydrogen (secondary N) is 3. The van der Waals surface area contributed by atoms with Crippen LogP contribution >= 0.6 is 11.5 Å². The Morgan fingerprint density at radius 1 is 0.629 bits per heavy atom. The molecule has 6 aromatic rings. The number of hydrogen-bond donors (Lipinski definition) is 3. The van der Waals surface area contributed by atoms with Crippen LogP contribution in [0.25, 0.3) is 32.3 Å². The van der Waals surface area contributed by atoms with Crippen molar-refractivity contribution in [2.45, 2.75) is 0 Å². The molecule has 0 fully saturated rings. The SMILES string of the molecule is Fc1ccc2c3[nH]c(c2c1)N=c1c2ccc(F)cc2c(n1[B]Cl)=Nc1[nH]c(c2cc(F)ccc12)N3. The molecule has 35 heavy (non-hydrogen) atoms. The Labute approximate surface area is 199 Å². The van der Waals surface area contributed by atoms with E-state index in [0.29, 0.717) is 66.6 Å². The number of aromatic nitrogens is 3. The summed E-state index contributed by atoms with van der Waals surface area (Å²) >= 11 is 6.24. The van der Waals surface area contributed by atoms with Crippen molar-refractivity contribution in [3.63, 3.8) is 0 Å². The molecular formula is C24H12BClF3N6.